The Kier molecular flexibility index (Phi) is 3.17. The summed E-state index contributed by atoms with van der Waals surface area (Å²) >= 11 is 4.01. The number of phenolic OH excluding ortho intramolecular Hbond substituents is 1. The van der Waals surface area contributed by atoms with E-state index < -0.39 is 0 Å². The van der Waals surface area contributed by atoms with E-state index in [4.69, 9.17) is 0 Å². The number of phenols is 1. The van der Waals surface area contributed by atoms with Gasteiger partial charge in [-0.15, -0.1) is 0 Å². The van der Waals surface area contributed by atoms with E-state index in [1.54, 1.807) is 24.3 Å². The summed E-state index contributed by atoms with van der Waals surface area (Å²) < 4.78 is 0. The molecule has 1 rings (SSSR count). The van der Waals surface area contributed by atoms with E-state index in [9.17, 15) is 9.90 Å². The molecule has 1 aromatic rings. The Hall–Kier alpha value is -0.960. The highest BCUT2D eigenvalue weighted by molar-refractivity contribution is 7.80. The Morgan fingerprint density at radius 3 is 2.67 bits per heavy atom. The number of benzene rings is 1. The lowest BCUT2D eigenvalue weighted by molar-refractivity contribution is -0.108. The highest BCUT2D eigenvalue weighted by Crippen LogP contribution is 2.24. The molecule has 0 heterocycles. The Balaban J connectivity index is 3.00. The average molecular weight is 182 g/mol. The molecular weight excluding hydrogens is 172 g/mol. The molecule has 0 aromatic heterocycles. The van der Waals surface area contributed by atoms with Crippen molar-refractivity contribution < 1.29 is 9.90 Å². The zero-order chi connectivity index (χ0) is 8.97. The largest absolute Gasteiger partial charge is 0.508 e. The minimum absolute atomic E-state index is 0.156. The van der Waals surface area contributed by atoms with Crippen LogP contribution in [-0.4, -0.2) is 17.1 Å². The van der Waals surface area contributed by atoms with Crippen molar-refractivity contribution in [2.45, 2.75) is 5.92 Å². The fraction of sp³-hybridized carbons (Fsp3) is 0.222. The van der Waals surface area contributed by atoms with Crippen molar-refractivity contribution in [3.63, 3.8) is 0 Å². The summed E-state index contributed by atoms with van der Waals surface area (Å²) in [5.74, 6) is 0.263. The molecule has 0 aliphatic heterocycles. The van der Waals surface area contributed by atoms with Crippen LogP contribution in [0, 0.1) is 0 Å². The van der Waals surface area contributed by atoms with Gasteiger partial charge >= 0.3 is 0 Å². The van der Waals surface area contributed by atoms with E-state index in [2.05, 4.69) is 12.6 Å². The first-order valence-corrected chi connectivity index (χ1v) is 4.27. The third kappa shape index (κ3) is 1.80. The van der Waals surface area contributed by atoms with Gasteiger partial charge in [0.2, 0.25) is 0 Å². The van der Waals surface area contributed by atoms with Crippen LogP contribution in [0.3, 0.4) is 0 Å². The van der Waals surface area contributed by atoms with E-state index in [0.29, 0.717) is 11.3 Å². The maximum Gasteiger partial charge on any atom is 0.128 e. The van der Waals surface area contributed by atoms with Gasteiger partial charge in [0, 0.05) is 11.3 Å². The fourth-order valence-electron chi connectivity index (χ4n) is 1.02. The Morgan fingerprint density at radius 1 is 1.50 bits per heavy atom. The molecule has 3 heteroatoms. The molecule has 1 aromatic carbocycles. The highest BCUT2D eigenvalue weighted by atomic mass is 32.1. The van der Waals surface area contributed by atoms with Gasteiger partial charge in [-0.25, -0.2) is 0 Å². The van der Waals surface area contributed by atoms with Crippen molar-refractivity contribution in [1.29, 1.82) is 0 Å². The van der Waals surface area contributed by atoms with Gasteiger partial charge in [-0.1, -0.05) is 18.2 Å². The predicted octanol–water partition coefficient (Wildman–Crippen LogP) is 1.60. The Labute approximate surface area is 76.6 Å². The minimum Gasteiger partial charge on any atom is -0.508 e. The SMILES string of the molecule is O=CC(CS)c1ccccc1O. The summed E-state index contributed by atoms with van der Waals surface area (Å²) in [7, 11) is 0. The van der Waals surface area contributed by atoms with Gasteiger partial charge in [0.25, 0.3) is 0 Å². The maximum atomic E-state index is 10.5. The molecule has 0 saturated heterocycles. The van der Waals surface area contributed by atoms with Gasteiger partial charge in [-0.05, 0) is 6.07 Å². The van der Waals surface area contributed by atoms with Crippen LogP contribution in [0.1, 0.15) is 11.5 Å². The van der Waals surface area contributed by atoms with Crippen LogP contribution < -0.4 is 0 Å². The van der Waals surface area contributed by atoms with Crippen LogP contribution in [0.5, 0.6) is 5.75 Å². The lowest BCUT2D eigenvalue weighted by Gasteiger charge is -2.08. The topological polar surface area (TPSA) is 37.3 Å². The maximum absolute atomic E-state index is 10.5. The van der Waals surface area contributed by atoms with Crippen molar-refractivity contribution in [1.82, 2.24) is 0 Å². The lowest BCUT2D eigenvalue weighted by atomic mass is 10.0. The Bertz CT molecular complexity index is 273. The molecule has 0 saturated carbocycles. The van der Waals surface area contributed by atoms with Crippen LogP contribution in [0.15, 0.2) is 24.3 Å². The first-order chi connectivity index (χ1) is 5.79. The number of para-hydroxylation sites is 1. The molecule has 1 atom stereocenters. The van der Waals surface area contributed by atoms with Crippen LogP contribution in [-0.2, 0) is 4.79 Å². The second-order valence-corrected chi connectivity index (χ2v) is 2.85. The second kappa shape index (κ2) is 4.16. The fourth-order valence-corrected chi connectivity index (χ4v) is 1.30. The van der Waals surface area contributed by atoms with Crippen LogP contribution in [0.25, 0.3) is 0 Å². The van der Waals surface area contributed by atoms with E-state index in [1.807, 2.05) is 0 Å². The zero-order valence-corrected chi connectivity index (χ0v) is 7.37. The first-order valence-electron chi connectivity index (χ1n) is 3.63. The number of aldehydes is 1. The number of carbonyl (C=O) groups excluding carboxylic acids is 1. The number of rotatable bonds is 3. The summed E-state index contributed by atoms with van der Waals surface area (Å²) in [4.78, 5) is 10.5. The van der Waals surface area contributed by atoms with Gasteiger partial charge in [0.1, 0.15) is 12.0 Å². The molecule has 0 spiro atoms. The van der Waals surface area contributed by atoms with Gasteiger partial charge < -0.3 is 9.90 Å². The molecule has 0 fully saturated rings. The molecular formula is C9H10O2S. The molecule has 0 amide bonds. The summed E-state index contributed by atoms with van der Waals surface area (Å²) in [5.41, 5.74) is 0.641. The van der Waals surface area contributed by atoms with E-state index >= 15 is 0 Å². The zero-order valence-electron chi connectivity index (χ0n) is 6.47. The third-order valence-corrected chi connectivity index (χ3v) is 2.09. The molecule has 64 valence electrons. The summed E-state index contributed by atoms with van der Waals surface area (Å²) in [6.45, 7) is 0. The normalized spacial score (nSPS) is 12.4. The lowest BCUT2D eigenvalue weighted by Crippen LogP contribution is -2.01. The van der Waals surface area contributed by atoms with Crippen molar-refractivity contribution in [3.8, 4) is 5.75 Å². The first kappa shape index (κ1) is 9.13. The van der Waals surface area contributed by atoms with Crippen molar-refractivity contribution in [2.24, 2.45) is 0 Å². The molecule has 0 aliphatic rings. The smallest absolute Gasteiger partial charge is 0.128 e. The Morgan fingerprint density at radius 2 is 2.17 bits per heavy atom. The molecule has 0 radical (unpaired) electrons. The third-order valence-electron chi connectivity index (χ3n) is 1.70. The number of thiol groups is 1. The highest BCUT2D eigenvalue weighted by Gasteiger charge is 2.11. The number of aromatic hydroxyl groups is 1. The molecule has 2 nitrogen and oxygen atoms in total. The van der Waals surface area contributed by atoms with E-state index in [-0.39, 0.29) is 11.7 Å². The predicted molar refractivity (Wildman–Crippen MR) is 50.8 cm³/mol. The van der Waals surface area contributed by atoms with Gasteiger partial charge in [-0.3, -0.25) is 0 Å². The van der Waals surface area contributed by atoms with Gasteiger partial charge in [0.05, 0.1) is 5.92 Å². The average Bonchev–Trinajstić information content (AvgIpc) is 2.10. The summed E-state index contributed by atoms with van der Waals surface area (Å²) in [6, 6.07) is 6.80. The summed E-state index contributed by atoms with van der Waals surface area (Å²) in [5, 5.41) is 9.35. The standard InChI is InChI=1S/C9H10O2S/c10-5-7(6-12)8-3-1-2-4-9(8)11/h1-5,7,11-12H,6H2. The second-order valence-electron chi connectivity index (χ2n) is 2.48. The molecule has 0 aliphatic carbocycles. The quantitative estimate of drug-likeness (QED) is 0.550. The minimum atomic E-state index is -0.311. The number of hydrogen-bond donors (Lipinski definition) is 2. The van der Waals surface area contributed by atoms with E-state index in [0.717, 1.165) is 6.29 Å². The molecule has 1 N–H and O–H groups in total. The van der Waals surface area contributed by atoms with Crippen LogP contribution >= 0.6 is 12.6 Å². The van der Waals surface area contributed by atoms with Gasteiger partial charge in [-0.2, -0.15) is 12.6 Å². The number of carbonyl (C=O) groups is 1. The molecule has 12 heavy (non-hydrogen) atoms. The van der Waals surface area contributed by atoms with Crippen LogP contribution in [0.2, 0.25) is 0 Å². The van der Waals surface area contributed by atoms with Crippen molar-refractivity contribution >= 4 is 18.9 Å². The monoisotopic (exact) mass is 182 g/mol. The van der Waals surface area contributed by atoms with Gasteiger partial charge in [0.15, 0.2) is 0 Å². The molecule has 1 unspecified atom stereocenters. The number of hydrogen-bond acceptors (Lipinski definition) is 3. The van der Waals surface area contributed by atoms with Crippen molar-refractivity contribution in [3.05, 3.63) is 29.8 Å². The van der Waals surface area contributed by atoms with Crippen LogP contribution in [0.4, 0.5) is 0 Å². The summed E-state index contributed by atoms with van der Waals surface area (Å²) in [6.07, 6.45) is 0.794. The van der Waals surface area contributed by atoms with Crippen molar-refractivity contribution in [2.75, 3.05) is 5.75 Å². The van der Waals surface area contributed by atoms with E-state index in [1.165, 1.54) is 0 Å². The molecule has 0 bridgehead atoms.